The van der Waals surface area contributed by atoms with Gasteiger partial charge >= 0.3 is 0 Å². The molecule has 0 aromatic rings. The smallest absolute Gasteiger partial charge is 0.221 e. The van der Waals surface area contributed by atoms with Crippen LogP contribution in [0.3, 0.4) is 0 Å². The van der Waals surface area contributed by atoms with Crippen LogP contribution in [0, 0.1) is 5.41 Å². The van der Waals surface area contributed by atoms with Crippen molar-refractivity contribution in [1.82, 2.24) is 10.2 Å². The number of nitrogens with zero attached hydrogens (tertiary/aromatic N) is 1. The van der Waals surface area contributed by atoms with E-state index < -0.39 is 0 Å². The van der Waals surface area contributed by atoms with Gasteiger partial charge in [0.15, 0.2) is 0 Å². The predicted octanol–water partition coefficient (Wildman–Crippen LogP) is 2.13. The Hall–Kier alpha value is -0.610. The standard InChI is InChI=1S/C16H33N3O/c1-4-9-18-15(20)12-14(13-17)19-10-7-16(5-2,6-3)8-11-19/h14H,4-13,17H2,1-3H3,(H,18,20). The maximum atomic E-state index is 11.9. The van der Waals surface area contributed by atoms with Crippen LogP contribution in [0.2, 0.25) is 0 Å². The lowest BCUT2D eigenvalue weighted by Crippen LogP contribution is -2.49. The number of nitrogens with one attached hydrogen (secondary N) is 1. The van der Waals surface area contributed by atoms with Crippen LogP contribution in [-0.2, 0) is 4.79 Å². The summed E-state index contributed by atoms with van der Waals surface area (Å²) in [4.78, 5) is 14.3. The number of hydrogen-bond acceptors (Lipinski definition) is 3. The Balaban J connectivity index is 2.46. The number of carbonyl (C=O) groups is 1. The third kappa shape index (κ3) is 4.74. The Kier molecular flexibility index (Phi) is 7.52. The van der Waals surface area contributed by atoms with Gasteiger partial charge in [-0.05, 0) is 37.8 Å². The molecular formula is C16H33N3O. The molecular weight excluding hydrogens is 250 g/mol. The van der Waals surface area contributed by atoms with Gasteiger partial charge in [-0.25, -0.2) is 0 Å². The van der Waals surface area contributed by atoms with E-state index in [4.69, 9.17) is 5.73 Å². The minimum absolute atomic E-state index is 0.144. The minimum atomic E-state index is 0.144. The molecule has 0 aromatic heterocycles. The Bertz CT molecular complexity index is 279. The van der Waals surface area contributed by atoms with Crippen LogP contribution in [0.1, 0.15) is 59.3 Å². The summed E-state index contributed by atoms with van der Waals surface area (Å²) < 4.78 is 0. The van der Waals surface area contributed by atoms with Crippen molar-refractivity contribution in [3.05, 3.63) is 0 Å². The van der Waals surface area contributed by atoms with Gasteiger partial charge in [-0.2, -0.15) is 0 Å². The molecule has 0 aromatic carbocycles. The van der Waals surface area contributed by atoms with Gasteiger partial charge in [-0.1, -0.05) is 33.6 Å². The second kappa shape index (κ2) is 8.63. The molecule has 1 unspecified atom stereocenters. The molecule has 4 heteroatoms. The topological polar surface area (TPSA) is 58.4 Å². The van der Waals surface area contributed by atoms with Gasteiger partial charge in [0, 0.05) is 25.6 Å². The number of carbonyl (C=O) groups excluding carboxylic acids is 1. The number of amides is 1. The van der Waals surface area contributed by atoms with Crippen molar-refractivity contribution in [2.75, 3.05) is 26.2 Å². The third-order valence-corrected chi connectivity index (χ3v) is 5.14. The number of hydrogen-bond donors (Lipinski definition) is 2. The van der Waals surface area contributed by atoms with Gasteiger partial charge in [0.05, 0.1) is 0 Å². The van der Waals surface area contributed by atoms with Crippen LogP contribution < -0.4 is 11.1 Å². The minimum Gasteiger partial charge on any atom is -0.356 e. The summed E-state index contributed by atoms with van der Waals surface area (Å²) in [6, 6.07) is 0.207. The fraction of sp³-hybridized carbons (Fsp3) is 0.938. The highest BCUT2D eigenvalue weighted by atomic mass is 16.1. The van der Waals surface area contributed by atoms with E-state index in [0.29, 0.717) is 18.4 Å². The molecule has 1 saturated heterocycles. The first-order chi connectivity index (χ1) is 9.60. The maximum Gasteiger partial charge on any atom is 0.221 e. The van der Waals surface area contributed by atoms with E-state index in [1.165, 1.54) is 25.7 Å². The average molecular weight is 283 g/mol. The second-order valence-corrected chi connectivity index (χ2v) is 6.19. The summed E-state index contributed by atoms with van der Waals surface area (Å²) in [7, 11) is 0. The summed E-state index contributed by atoms with van der Waals surface area (Å²) in [5.74, 6) is 0.144. The number of piperidine rings is 1. The van der Waals surface area contributed by atoms with Crippen LogP contribution in [0.25, 0.3) is 0 Å². The molecule has 1 fully saturated rings. The fourth-order valence-electron chi connectivity index (χ4n) is 3.23. The molecule has 0 radical (unpaired) electrons. The molecule has 0 aliphatic carbocycles. The lowest BCUT2D eigenvalue weighted by Gasteiger charge is -2.43. The predicted molar refractivity (Wildman–Crippen MR) is 84.6 cm³/mol. The van der Waals surface area contributed by atoms with Gasteiger partial charge in [0.1, 0.15) is 0 Å². The number of rotatable bonds is 8. The highest BCUT2D eigenvalue weighted by Gasteiger charge is 2.33. The van der Waals surface area contributed by atoms with E-state index in [2.05, 4.69) is 31.0 Å². The van der Waals surface area contributed by atoms with Gasteiger partial charge in [0.2, 0.25) is 5.91 Å². The SMILES string of the molecule is CCCNC(=O)CC(CN)N1CCC(CC)(CC)CC1. The van der Waals surface area contributed by atoms with Crippen LogP contribution in [0.15, 0.2) is 0 Å². The van der Waals surface area contributed by atoms with E-state index in [0.717, 1.165) is 26.1 Å². The Morgan fingerprint density at radius 2 is 1.85 bits per heavy atom. The normalized spacial score (nSPS) is 20.6. The summed E-state index contributed by atoms with van der Waals surface area (Å²) in [5.41, 5.74) is 6.42. The molecule has 4 nitrogen and oxygen atoms in total. The quantitative estimate of drug-likeness (QED) is 0.717. The average Bonchev–Trinajstić information content (AvgIpc) is 2.50. The molecule has 1 rings (SSSR count). The monoisotopic (exact) mass is 283 g/mol. The van der Waals surface area contributed by atoms with Crippen LogP contribution in [-0.4, -0.2) is 43.0 Å². The van der Waals surface area contributed by atoms with Crippen LogP contribution in [0.4, 0.5) is 0 Å². The van der Waals surface area contributed by atoms with Crippen molar-refractivity contribution in [2.24, 2.45) is 11.1 Å². The zero-order valence-corrected chi connectivity index (χ0v) is 13.6. The van der Waals surface area contributed by atoms with Crippen molar-refractivity contribution < 1.29 is 4.79 Å². The van der Waals surface area contributed by atoms with Gasteiger partial charge in [-0.3, -0.25) is 9.69 Å². The Labute approximate surface area is 124 Å². The van der Waals surface area contributed by atoms with Gasteiger partial charge in [0.25, 0.3) is 0 Å². The lowest BCUT2D eigenvalue weighted by atomic mass is 9.74. The van der Waals surface area contributed by atoms with Gasteiger partial charge in [-0.15, -0.1) is 0 Å². The number of likely N-dealkylation sites (tertiary alicyclic amines) is 1. The first-order valence-corrected chi connectivity index (χ1v) is 8.31. The highest BCUT2D eigenvalue weighted by Crippen LogP contribution is 2.38. The summed E-state index contributed by atoms with van der Waals surface area (Å²) in [5, 5.41) is 2.95. The number of nitrogens with two attached hydrogens (primary N) is 1. The summed E-state index contributed by atoms with van der Waals surface area (Å²) in [6.07, 6.45) is 6.55. The maximum absolute atomic E-state index is 11.9. The van der Waals surface area contributed by atoms with Crippen molar-refractivity contribution in [3.8, 4) is 0 Å². The van der Waals surface area contributed by atoms with E-state index in [9.17, 15) is 4.79 Å². The van der Waals surface area contributed by atoms with Crippen LogP contribution in [0.5, 0.6) is 0 Å². The van der Waals surface area contributed by atoms with Gasteiger partial charge < -0.3 is 11.1 Å². The summed E-state index contributed by atoms with van der Waals surface area (Å²) in [6.45, 7) is 10.2. The molecule has 20 heavy (non-hydrogen) atoms. The molecule has 1 atom stereocenters. The van der Waals surface area contributed by atoms with Crippen molar-refractivity contribution in [1.29, 1.82) is 0 Å². The van der Waals surface area contributed by atoms with E-state index >= 15 is 0 Å². The second-order valence-electron chi connectivity index (χ2n) is 6.19. The molecule has 0 saturated carbocycles. The molecule has 1 aliphatic rings. The van der Waals surface area contributed by atoms with Crippen molar-refractivity contribution >= 4 is 5.91 Å². The lowest BCUT2D eigenvalue weighted by molar-refractivity contribution is -0.122. The third-order valence-electron chi connectivity index (χ3n) is 5.14. The largest absolute Gasteiger partial charge is 0.356 e. The van der Waals surface area contributed by atoms with E-state index in [1.54, 1.807) is 0 Å². The molecule has 1 heterocycles. The van der Waals surface area contributed by atoms with Crippen molar-refractivity contribution in [2.45, 2.75) is 65.3 Å². The fourth-order valence-corrected chi connectivity index (χ4v) is 3.23. The Morgan fingerprint density at radius 3 is 2.30 bits per heavy atom. The van der Waals surface area contributed by atoms with Crippen LogP contribution >= 0.6 is 0 Å². The molecule has 1 aliphatic heterocycles. The highest BCUT2D eigenvalue weighted by molar-refractivity contribution is 5.76. The van der Waals surface area contributed by atoms with E-state index in [-0.39, 0.29) is 11.9 Å². The first kappa shape index (κ1) is 17.4. The Morgan fingerprint density at radius 1 is 1.25 bits per heavy atom. The van der Waals surface area contributed by atoms with E-state index in [1.807, 2.05) is 0 Å². The molecule has 0 bridgehead atoms. The molecule has 1 amide bonds. The molecule has 118 valence electrons. The zero-order valence-electron chi connectivity index (χ0n) is 13.6. The van der Waals surface area contributed by atoms with Crippen molar-refractivity contribution in [3.63, 3.8) is 0 Å². The zero-order chi connectivity index (χ0) is 15.0. The first-order valence-electron chi connectivity index (χ1n) is 8.31. The summed E-state index contributed by atoms with van der Waals surface area (Å²) >= 11 is 0. The molecule has 0 spiro atoms. The molecule has 3 N–H and O–H groups in total.